The van der Waals surface area contributed by atoms with Gasteiger partial charge < -0.3 is 10.6 Å². The molecule has 1 saturated heterocycles. The predicted octanol–water partition coefficient (Wildman–Crippen LogP) is 2.75. The van der Waals surface area contributed by atoms with E-state index >= 15 is 0 Å². The largest absolute Gasteiger partial charge is 0.370 e. The standard InChI is InChI=1S/C14H27N3/c1-11-8-9-17(12(2)10-11)14(15)16-13-6-4-3-5-7-13/h11-13H,3-10H2,1-2H3,(H2,15,16). The number of hydrogen-bond acceptors (Lipinski definition) is 1. The first-order chi connectivity index (χ1) is 8.16. The third-order valence-corrected chi connectivity index (χ3v) is 4.32. The summed E-state index contributed by atoms with van der Waals surface area (Å²) in [6.07, 6.45) is 9.01. The molecule has 2 rings (SSSR count). The second kappa shape index (κ2) is 5.74. The summed E-state index contributed by atoms with van der Waals surface area (Å²) in [5.74, 6) is 1.64. The number of hydrogen-bond donors (Lipinski definition) is 1. The molecule has 2 N–H and O–H groups in total. The maximum Gasteiger partial charge on any atom is 0.191 e. The number of aliphatic imine (C=N–C) groups is 1. The SMILES string of the molecule is CC1CCN(C(N)=NC2CCCCC2)C(C)C1. The Balaban J connectivity index is 1.93. The van der Waals surface area contributed by atoms with Crippen LogP contribution in [0.15, 0.2) is 4.99 Å². The van der Waals surface area contributed by atoms with Crippen LogP contribution in [0.5, 0.6) is 0 Å². The minimum atomic E-state index is 0.496. The van der Waals surface area contributed by atoms with Crippen molar-refractivity contribution in [1.82, 2.24) is 4.90 Å². The van der Waals surface area contributed by atoms with Crippen LogP contribution in [-0.4, -0.2) is 29.5 Å². The van der Waals surface area contributed by atoms with Crippen LogP contribution in [0.2, 0.25) is 0 Å². The van der Waals surface area contributed by atoms with Gasteiger partial charge in [0.2, 0.25) is 0 Å². The normalized spacial score (nSPS) is 32.8. The molecule has 3 heteroatoms. The van der Waals surface area contributed by atoms with Gasteiger partial charge in [-0.25, -0.2) is 4.99 Å². The van der Waals surface area contributed by atoms with Crippen molar-refractivity contribution >= 4 is 5.96 Å². The Kier molecular flexibility index (Phi) is 4.30. The van der Waals surface area contributed by atoms with Crippen LogP contribution >= 0.6 is 0 Å². The van der Waals surface area contributed by atoms with E-state index in [2.05, 4.69) is 18.7 Å². The lowest BCUT2D eigenvalue weighted by atomic mass is 9.93. The number of guanidine groups is 1. The summed E-state index contributed by atoms with van der Waals surface area (Å²) in [5, 5.41) is 0. The van der Waals surface area contributed by atoms with Gasteiger partial charge in [0, 0.05) is 12.6 Å². The average Bonchev–Trinajstić information content (AvgIpc) is 2.30. The molecule has 0 aromatic rings. The molecule has 3 nitrogen and oxygen atoms in total. The number of nitrogens with zero attached hydrogens (tertiary/aromatic N) is 2. The molecule has 0 amide bonds. The molecule has 2 unspecified atom stereocenters. The smallest absolute Gasteiger partial charge is 0.191 e. The van der Waals surface area contributed by atoms with E-state index in [1.54, 1.807) is 0 Å². The maximum absolute atomic E-state index is 6.19. The molecule has 0 bridgehead atoms. The van der Waals surface area contributed by atoms with E-state index in [0.29, 0.717) is 12.1 Å². The van der Waals surface area contributed by atoms with Crippen LogP contribution in [0, 0.1) is 5.92 Å². The van der Waals surface area contributed by atoms with E-state index < -0.39 is 0 Å². The van der Waals surface area contributed by atoms with Gasteiger partial charge in [-0.15, -0.1) is 0 Å². The molecular formula is C14H27N3. The lowest BCUT2D eigenvalue weighted by molar-refractivity contribution is 0.206. The number of likely N-dealkylation sites (tertiary alicyclic amines) is 1. The monoisotopic (exact) mass is 237 g/mol. The predicted molar refractivity (Wildman–Crippen MR) is 73.1 cm³/mol. The van der Waals surface area contributed by atoms with Crippen LogP contribution in [0.25, 0.3) is 0 Å². The molecule has 0 radical (unpaired) electrons. The maximum atomic E-state index is 6.19. The fraction of sp³-hybridized carbons (Fsp3) is 0.929. The van der Waals surface area contributed by atoms with E-state index in [0.717, 1.165) is 18.4 Å². The summed E-state index contributed by atoms with van der Waals surface area (Å²) < 4.78 is 0. The van der Waals surface area contributed by atoms with Crippen molar-refractivity contribution in [3.05, 3.63) is 0 Å². The minimum absolute atomic E-state index is 0.496. The molecule has 1 aliphatic carbocycles. The van der Waals surface area contributed by atoms with Crippen molar-refractivity contribution in [2.24, 2.45) is 16.6 Å². The molecule has 98 valence electrons. The molecule has 0 aromatic heterocycles. The van der Waals surface area contributed by atoms with E-state index in [4.69, 9.17) is 10.7 Å². The van der Waals surface area contributed by atoms with E-state index in [1.807, 2.05) is 0 Å². The fourth-order valence-electron chi connectivity index (χ4n) is 3.22. The molecule has 0 aromatic carbocycles. The Morgan fingerprint density at radius 1 is 1.12 bits per heavy atom. The fourth-order valence-corrected chi connectivity index (χ4v) is 3.22. The first-order valence-electron chi connectivity index (χ1n) is 7.26. The molecule has 2 atom stereocenters. The quantitative estimate of drug-likeness (QED) is 0.563. The summed E-state index contributed by atoms with van der Waals surface area (Å²) in [7, 11) is 0. The van der Waals surface area contributed by atoms with Gasteiger partial charge in [0.15, 0.2) is 5.96 Å². The minimum Gasteiger partial charge on any atom is -0.370 e. The first kappa shape index (κ1) is 12.7. The second-order valence-electron chi connectivity index (χ2n) is 5.95. The Bertz CT molecular complexity index is 269. The number of nitrogens with two attached hydrogens (primary N) is 1. The van der Waals surface area contributed by atoms with Crippen molar-refractivity contribution < 1.29 is 0 Å². The zero-order valence-corrected chi connectivity index (χ0v) is 11.4. The van der Waals surface area contributed by atoms with Gasteiger partial charge in [-0.3, -0.25) is 0 Å². The van der Waals surface area contributed by atoms with Gasteiger partial charge in [0.1, 0.15) is 0 Å². The molecule has 1 saturated carbocycles. The van der Waals surface area contributed by atoms with E-state index in [9.17, 15) is 0 Å². The van der Waals surface area contributed by atoms with Gasteiger partial charge in [0.25, 0.3) is 0 Å². The second-order valence-corrected chi connectivity index (χ2v) is 5.95. The van der Waals surface area contributed by atoms with E-state index in [-0.39, 0.29) is 0 Å². The highest BCUT2D eigenvalue weighted by Gasteiger charge is 2.24. The van der Waals surface area contributed by atoms with Crippen LogP contribution in [0.4, 0.5) is 0 Å². The van der Waals surface area contributed by atoms with Crippen molar-refractivity contribution in [3.8, 4) is 0 Å². The molecule has 17 heavy (non-hydrogen) atoms. The zero-order chi connectivity index (χ0) is 12.3. The highest BCUT2D eigenvalue weighted by molar-refractivity contribution is 5.78. The van der Waals surface area contributed by atoms with Crippen molar-refractivity contribution in [2.45, 2.75) is 70.9 Å². The number of rotatable bonds is 1. The molecular weight excluding hydrogens is 210 g/mol. The lowest BCUT2D eigenvalue weighted by Crippen LogP contribution is -2.48. The van der Waals surface area contributed by atoms with Gasteiger partial charge in [-0.05, 0) is 38.5 Å². The van der Waals surface area contributed by atoms with Gasteiger partial charge in [0.05, 0.1) is 6.04 Å². The Labute approximate surface area is 105 Å². The molecule has 2 aliphatic rings. The molecule has 0 spiro atoms. The molecule has 2 fully saturated rings. The first-order valence-corrected chi connectivity index (χ1v) is 7.26. The summed E-state index contributed by atoms with van der Waals surface area (Å²) in [4.78, 5) is 7.07. The van der Waals surface area contributed by atoms with Gasteiger partial charge >= 0.3 is 0 Å². The summed E-state index contributed by atoms with van der Waals surface area (Å²) in [5.41, 5.74) is 6.19. The van der Waals surface area contributed by atoms with Gasteiger partial charge in [-0.2, -0.15) is 0 Å². The zero-order valence-electron chi connectivity index (χ0n) is 11.4. The molecule has 1 heterocycles. The summed E-state index contributed by atoms with van der Waals surface area (Å²) in [6, 6.07) is 1.06. The Morgan fingerprint density at radius 2 is 1.82 bits per heavy atom. The average molecular weight is 237 g/mol. The third kappa shape index (κ3) is 3.36. The van der Waals surface area contributed by atoms with Gasteiger partial charge in [-0.1, -0.05) is 26.2 Å². The van der Waals surface area contributed by atoms with Crippen LogP contribution in [0.3, 0.4) is 0 Å². The van der Waals surface area contributed by atoms with Crippen molar-refractivity contribution in [2.75, 3.05) is 6.54 Å². The van der Waals surface area contributed by atoms with Crippen LogP contribution in [-0.2, 0) is 0 Å². The van der Waals surface area contributed by atoms with Crippen molar-refractivity contribution in [1.29, 1.82) is 0 Å². The Hall–Kier alpha value is -0.730. The number of piperidine rings is 1. The Morgan fingerprint density at radius 3 is 2.47 bits per heavy atom. The highest BCUT2D eigenvalue weighted by Crippen LogP contribution is 2.24. The van der Waals surface area contributed by atoms with Crippen molar-refractivity contribution in [3.63, 3.8) is 0 Å². The summed E-state index contributed by atoms with van der Waals surface area (Å²) in [6.45, 7) is 5.70. The highest BCUT2D eigenvalue weighted by atomic mass is 15.3. The molecule has 1 aliphatic heterocycles. The summed E-state index contributed by atoms with van der Waals surface area (Å²) >= 11 is 0. The topological polar surface area (TPSA) is 41.6 Å². The van der Waals surface area contributed by atoms with E-state index in [1.165, 1.54) is 44.9 Å². The lowest BCUT2D eigenvalue weighted by Gasteiger charge is -2.37. The third-order valence-electron chi connectivity index (χ3n) is 4.32. The van der Waals surface area contributed by atoms with Crippen LogP contribution < -0.4 is 5.73 Å². The van der Waals surface area contributed by atoms with Crippen LogP contribution in [0.1, 0.15) is 58.8 Å².